The van der Waals surface area contributed by atoms with Crippen molar-refractivity contribution in [2.75, 3.05) is 0 Å². The largest absolute Gasteiger partial charge is 0.272 e. The van der Waals surface area contributed by atoms with Crippen molar-refractivity contribution >= 4 is 0 Å². The molecule has 1 aromatic heterocycles. The Morgan fingerprint density at radius 1 is 1.44 bits per heavy atom. The van der Waals surface area contributed by atoms with Gasteiger partial charge in [0.15, 0.2) is 0 Å². The fraction of sp³-hybridized carbons (Fsp3) is 0.231. The number of hydrogen-bond acceptors (Lipinski definition) is 2. The molecule has 2 rings (SSSR count). The SMILES string of the molecule is CCn1cc(-c2cc(C#N)ccc2C)cn1. The minimum atomic E-state index is 0.685. The van der Waals surface area contributed by atoms with Crippen LogP contribution < -0.4 is 0 Å². The van der Waals surface area contributed by atoms with E-state index in [2.05, 4.69) is 18.1 Å². The summed E-state index contributed by atoms with van der Waals surface area (Å²) in [6.07, 6.45) is 3.84. The van der Waals surface area contributed by atoms with E-state index in [0.717, 1.165) is 23.2 Å². The van der Waals surface area contributed by atoms with E-state index in [0.29, 0.717) is 5.56 Å². The normalized spacial score (nSPS) is 10.1. The van der Waals surface area contributed by atoms with E-state index in [1.54, 1.807) is 0 Å². The van der Waals surface area contributed by atoms with Crippen LogP contribution in [-0.2, 0) is 6.54 Å². The van der Waals surface area contributed by atoms with Gasteiger partial charge in [0.2, 0.25) is 0 Å². The zero-order chi connectivity index (χ0) is 11.5. The maximum atomic E-state index is 8.88. The highest BCUT2D eigenvalue weighted by Crippen LogP contribution is 2.23. The third-order valence-electron chi connectivity index (χ3n) is 2.63. The molecule has 0 N–H and O–H groups in total. The summed E-state index contributed by atoms with van der Waals surface area (Å²) in [5.74, 6) is 0. The van der Waals surface area contributed by atoms with E-state index >= 15 is 0 Å². The van der Waals surface area contributed by atoms with Crippen LogP contribution in [0.5, 0.6) is 0 Å². The third-order valence-corrected chi connectivity index (χ3v) is 2.63. The molecule has 0 atom stereocenters. The van der Waals surface area contributed by atoms with Crippen molar-refractivity contribution < 1.29 is 0 Å². The van der Waals surface area contributed by atoms with Crippen molar-refractivity contribution in [3.8, 4) is 17.2 Å². The Kier molecular flexibility index (Phi) is 2.74. The fourth-order valence-electron chi connectivity index (χ4n) is 1.68. The lowest BCUT2D eigenvalue weighted by Crippen LogP contribution is -1.92. The van der Waals surface area contributed by atoms with Crippen molar-refractivity contribution in [1.29, 1.82) is 5.26 Å². The maximum Gasteiger partial charge on any atom is 0.0991 e. The van der Waals surface area contributed by atoms with Gasteiger partial charge in [-0.1, -0.05) is 6.07 Å². The first-order valence-corrected chi connectivity index (χ1v) is 5.28. The quantitative estimate of drug-likeness (QED) is 0.766. The van der Waals surface area contributed by atoms with Crippen molar-refractivity contribution in [2.24, 2.45) is 0 Å². The van der Waals surface area contributed by atoms with Crippen LogP contribution in [0.2, 0.25) is 0 Å². The van der Waals surface area contributed by atoms with Gasteiger partial charge in [-0.05, 0) is 37.1 Å². The Morgan fingerprint density at radius 2 is 2.25 bits per heavy atom. The minimum Gasteiger partial charge on any atom is -0.272 e. The highest BCUT2D eigenvalue weighted by Gasteiger charge is 2.05. The Hall–Kier alpha value is -2.08. The maximum absolute atomic E-state index is 8.88. The molecule has 0 fully saturated rings. The molecule has 0 amide bonds. The summed E-state index contributed by atoms with van der Waals surface area (Å²) in [7, 11) is 0. The molecule has 1 heterocycles. The minimum absolute atomic E-state index is 0.685. The smallest absolute Gasteiger partial charge is 0.0991 e. The lowest BCUT2D eigenvalue weighted by atomic mass is 10.0. The zero-order valence-corrected chi connectivity index (χ0v) is 9.44. The lowest BCUT2D eigenvalue weighted by molar-refractivity contribution is 0.660. The van der Waals surface area contributed by atoms with E-state index in [4.69, 9.17) is 5.26 Å². The summed E-state index contributed by atoms with van der Waals surface area (Å²) in [4.78, 5) is 0. The van der Waals surface area contributed by atoms with Gasteiger partial charge in [-0.2, -0.15) is 10.4 Å². The summed E-state index contributed by atoms with van der Waals surface area (Å²) in [5, 5.41) is 13.1. The van der Waals surface area contributed by atoms with Gasteiger partial charge in [-0.25, -0.2) is 0 Å². The fourth-order valence-corrected chi connectivity index (χ4v) is 1.68. The summed E-state index contributed by atoms with van der Waals surface area (Å²) in [6.45, 7) is 4.95. The van der Waals surface area contributed by atoms with Gasteiger partial charge in [-0.3, -0.25) is 4.68 Å². The van der Waals surface area contributed by atoms with Crippen molar-refractivity contribution in [2.45, 2.75) is 20.4 Å². The Bertz CT molecular complexity index is 547. The average molecular weight is 211 g/mol. The summed E-state index contributed by atoms with van der Waals surface area (Å²) in [5.41, 5.74) is 4.00. The second-order valence-corrected chi connectivity index (χ2v) is 3.73. The molecule has 0 unspecified atom stereocenters. The van der Waals surface area contributed by atoms with Crippen LogP contribution in [0.3, 0.4) is 0 Å². The molecule has 3 nitrogen and oxygen atoms in total. The van der Waals surface area contributed by atoms with Gasteiger partial charge >= 0.3 is 0 Å². The van der Waals surface area contributed by atoms with Crippen molar-refractivity contribution in [1.82, 2.24) is 9.78 Å². The number of nitrogens with zero attached hydrogens (tertiary/aromatic N) is 3. The molecule has 3 heteroatoms. The van der Waals surface area contributed by atoms with Crippen LogP contribution in [0, 0.1) is 18.3 Å². The number of benzene rings is 1. The third kappa shape index (κ3) is 1.82. The molecule has 80 valence electrons. The summed E-state index contributed by atoms with van der Waals surface area (Å²) < 4.78 is 1.88. The van der Waals surface area contributed by atoms with Gasteiger partial charge < -0.3 is 0 Å². The van der Waals surface area contributed by atoms with Crippen molar-refractivity contribution in [3.63, 3.8) is 0 Å². The molecule has 0 spiro atoms. The molecule has 0 aliphatic rings. The van der Waals surface area contributed by atoms with Crippen LogP contribution in [0.25, 0.3) is 11.1 Å². The molecule has 0 radical (unpaired) electrons. The van der Waals surface area contributed by atoms with Gasteiger partial charge in [0, 0.05) is 18.3 Å². The molecule has 0 saturated heterocycles. The predicted molar refractivity (Wildman–Crippen MR) is 62.8 cm³/mol. The zero-order valence-electron chi connectivity index (χ0n) is 9.44. The second kappa shape index (κ2) is 4.19. The molecule has 2 aromatic rings. The van der Waals surface area contributed by atoms with E-state index in [1.807, 2.05) is 42.2 Å². The highest BCUT2D eigenvalue weighted by molar-refractivity contribution is 5.67. The van der Waals surface area contributed by atoms with Crippen LogP contribution >= 0.6 is 0 Å². The van der Waals surface area contributed by atoms with Crippen LogP contribution in [-0.4, -0.2) is 9.78 Å². The van der Waals surface area contributed by atoms with E-state index in [-0.39, 0.29) is 0 Å². The Balaban J connectivity index is 2.50. The molecular weight excluding hydrogens is 198 g/mol. The van der Waals surface area contributed by atoms with Crippen LogP contribution in [0.4, 0.5) is 0 Å². The van der Waals surface area contributed by atoms with Crippen LogP contribution in [0.15, 0.2) is 30.6 Å². The average Bonchev–Trinajstić information content (AvgIpc) is 2.78. The predicted octanol–water partition coefficient (Wildman–Crippen LogP) is 2.75. The molecule has 0 aliphatic heterocycles. The van der Waals surface area contributed by atoms with E-state index < -0.39 is 0 Å². The van der Waals surface area contributed by atoms with Crippen molar-refractivity contribution in [3.05, 3.63) is 41.7 Å². The number of hydrogen-bond donors (Lipinski definition) is 0. The van der Waals surface area contributed by atoms with Gasteiger partial charge in [0.1, 0.15) is 0 Å². The molecule has 16 heavy (non-hydrogen) atoms. The monoisotopic (exact) mass is 211 g/mol. The summed E-state index contributed by atoms with van der Waals surface area (Å²) >= 11 is 0. The number of rotatable bonds is 2. The highest BCUT2D eigenvalue weighted by atomic mass is 15.3. The first kappa shape index (κ1) is 10.4. The topological polar surface area (TPSA) is 41.6 Å². The Labute approximate surface area is 94.9 Å². The summed E-state index contributed by atoms with van der Waals surface area (Å²) in [6, 6.07) is 7.87. The molecule has 1 aromatic carbocycles. The van der Waals surface area contributed by atoms with E-state index in [1.165, 1.54) is 0 Å². The number of nitriles is 1. The number of aryl methyl sites for hydroxylation is 2. The first-order valence-electron chi connectivity index (χ1n) is 5.28. The Morgan fingerprint density at radius 3 is 2.88 bits per heavy atom. The van der Waals surface area contributed by atoms with E-state index in [9.17, 15) is 0 Å². The van der Waals surface area contributed by atoms with Gasteiger partial charge in [0.25, 0.3) is 0 Å². The van der Waals surface area contributed by atoms with Gasteiger partial charge in [-0.15, -0.1) is 0 Å². The molecule has 0 bridgehead atoms. The lowest BCUT2D eigenvalue weighted by Gasteiger charge is -2.02. The van der Waals surface area contributed by atoms with Crippen LogP contribution in [0.1, 0.15) is 18.1 Å². The number of aromatic nitrogens is 2. The second-order valence-electron chi connectivity index (χ2n) is 3.73. The standard InChI is InChI=1S/C13H13N3/c1-3-16-9-12(8-15-16)13-6-11(7-14)5-4-10(13)2/h4-6,8-9H,3H2,1-2H3. The molecule has 0 saturated carbocycles. The van der Waals surface area contributed by atoms with Gasteiger partial charge in [0.05, 0.1) is 17.8 Å². The molecular formula is C13H13N3. The molecule has 0 aliphatic carbocycles. The first-order chi connectivity index (χ1) is 7.74.